The molecule has 0 aliphatic carbocycles. The smallest absolute Gasteiger partial charge is 0.186 e. The van der Waals surface area contributed by atoms with Gasteiger partial charge in [-0.15, -0.1) is 0 Å². The van der Waals surface area contributed by atoms with Crippen LogP contribution in [0.4, 0.5) is 0 Å². The van der Waals surface area contributed by atoms with Crippen LogP contribution >= 0.6 is 12.2 Å². The van der Waals surface area contributed by atoms with Crippen LogP contribution in [0.25, 0.3) is 5.69 Å². The molecule has 0 radical (unpaired) electrons. The normalized spacial score (nSPS) is 10.7. The molecule has 2 N–H and O–H groups in total. The number of rotatable bonds is 8. The average Bonchev–Trinajstić information content (AvgIpc) is 3.23. The van der Waals surface area contributed by atoms with Gasteiger partial charge < -0.3 is 14.8 Å². The molecule has 0 fully saturated rings. The molecule has 0 atom stereocenters. The molecule has 29 heavy (non-hydrogen) atoms. The second-order valence-corrected chi connectivity index (χ2v) is 6.53. The summed E-state index contributed by atoms with van der Waals surface area (Å²) in [4.78, 5) is 0. The Labute approximate surface area is 175 Å². The van der Waals surface area contributed by atoms with Gasteiger partial charge in [0, 0.05) is 18.3 Å². The Morgan fingerprint density at radius 1 is 1.14 bits per heavy atom. The summed E-state index contributed by atoms with van der Waals surface area (Å²) in [6.07, 6.45) is 6.10. The van der Waals surface area contributed by atoms with E-state index in [1.807, 2.05) is 54.7 Å². The van der Waals surface area contributed by atoms with E-state index < -0.39 is 0 Å². The first-order valence-electron chi connectivity index (χ1n) is 9.07. The molecule has 3 rings (SSSR count). The minimum Gasteiger partial charge on any atom is -0.493 e. The molecule has 150 valence electrons. The number of thiocarbonyl (C=S) groups is 1. The number of ether oxygens (including phenoxy) is 2. The van der Waals surface area contributed by atoms with E-state index in [-0.39, 0.29) is 0 Å². The van der Waals surface area contributed by atoms with Crippen molar-refractivity contribution in [3.63, 3.8) is 0 Å². The van der Waals surface area contributed by atoms with E-state index >= 15 is 0 Å². The van der Waals surface area contributed by atoms with Gasteiger partial charge in [-0.25, -0.2) is 4.68 Å². The minimum absolute atomic E-state index is 0.456. The average molecular weight is 410 g/mol. The molecule has 3 aromatic rings. The highest BCUT2D eigenvalue weighted by Gasteiger charge is 2.04. The first-order chi connectivity index (χ1) is 14.2. The number of nitrogens with zero attached hydrogens (tertiary/aromatic N) is 3. The number of para-hydroxylation sites is 1. The van der Waals surface area contributed by atoms with Crippen molar-refractivity contribution in [2.24, 2.45) is 5.10 Å². The maximum atomic E-state index is 5.32. The summed E-state index contributed by atoms with van der Waals surface area (Å²) < 4.78 is 12.4. The summed E-state index contributed by atoms with van der Waals surface area (Å²) >= 11 is 5.25. The van der Waals surface area contributed by atoms with Gasteiger partial charge in [0.15, 0.2) is 16.6 Å². The molecule has 8 heteroatoms. The van der Waals surface area contributed by atoms with Gasteiger partial charge in [-0.3, -0.25) is 5.43 Å². The van der Waals surface area contributed by atoms with Crippen LogP contribution in [0.5, 0.6) is 11.5 Å². The van der Waals surface area contributed by atoms with Crippen LogP contribution in [-0.4, -0.2) is 41.9 Å². The molecule has 0 bridgehead atoms. The van der Waals surface area contributed by atoms with E-state index in [1.165, 1.54) is 0 Å². The number of aromatic nitrogens is 2. The molecule has 7 nitrogen and oxygen atoms in total. The Morgan fingerprint density at radius 3 is 2.69 bits per heavy atom. The number of benzene rings is 2. The number of hydrogen-bond donors (Lipinski definition) is 2. The van der Waals surface area contributed by atoms with Crippen molar-refractivity contribution in [2.75, 3.05) is 20.8 Å². The van der Waals surface area contributed by atoms with Gasteiger partial charge in [-0.2, -0.15) is 10.2 Å². The zero-order chi connectivity index (χ0) is 20.5. The maximum absolute atomic E-state index is 5.32. The predicted molar refractivity (Wildman–Crippen MR) is 118 cm³/mol. The molecular formula is C21H23N5O2S. The van der Waals surface area contributed by atoms with Gasteiger partial charge in [0.05, 0.1) is 32.3 Å². The zero-order valence-electron chi connectivity index (χ0n) is 16.3. The molecule has 1 heterocycles. The largest absolute Gasteiger partial charge is 0.493 e. The van der Waals surface area contributed by atoms with Crippen LogP contribution in [0.3, 0.4) is 0 Å². The van der Waals surface area contributed by atoms with E-state index in [9.17, 15) is 0 Å². The van der Waals surface area contributed by atoms with Crippen LogP contribution in [0.2, 0.25) is 0 Å². The fraction of sp³-hybridized carbons (Fsp3) is 0.190. The SMILES string of the molecule is COc1ccc(CCNC(=S)N/N=C\c2cnn(-c3ccccc3)c2)cc1OC. The Hall–Kier alpha value is -3.39. The first-order valence-corrected chi connectivity index (χ1v) is 9.48. The highest BCUT2D eigenvalue weighted by Crippen LogP contribution is 2.27. The summed E-state index contributed by atoms with van der Waals surface area (Å²) in [5.41, 5.74) is 5.80. The molecule has 1 aromatic heterocycles. The lowest BCUT2D eigenvalue weighted by molar-refractivity contribution is 0.354. The van der Waals surface area contributed by atoms with Gasteiger partial charge in [-0.1, -0.05) is 24.3 Å². The third-order valence-corrected chi connectivity index (χ3v) is 4.39. The van der Waals surface area contributed by atoms with E-state index in [1.54, 1.807) is 31.3 Å². The summed E-state index contributed by atoms with van der Waals surface area (Å²) in [5, 5.41) is 12.1. The van der Waals surface area contributed by atoms with Crippen molar-refractivity contribution < 1.29 is 9.47 Å². The van der Waals surface area contributed by atoms with Crippen molar-refractivity contribution in [3.8, 4) is 17.2 Å². The molecule has 0 saturated heterocycles. The van der Waals surface area contributed by atoms with Gasteiger partial charge in [0.25, 0.3) is 0 Å². The number of methoxy groups -OCH3 is 2. The van der Waals surface area contributed by atoms with E-state index in [0.717, 1.165) is 23.2 Å². The maximum Gasteiger partial charge on any atom is 0.186 e. The third-order valence-electron chi connectivity index (χ3n) is 4.15. The van der Waals surface area contributed by atoms with Crippen molar-refractivity contribution >= 4 is 23.5 Å². The molecule has 0 saturated carbocycles. The van der Waals surface area contributed by atoms with Gasteiger partial charge >= 0.3 is 0 Å². The first kappa shape index (κ1) is 20.3. The van der Waals surface area contributed by atoms with Crippen LogP contribution < -0.4 is 20.2 Å². The van der Waals surface area contributed by atoms with Crippen LogP contribution in [0, 0.1) is 0 Å². The lowest BCUT2D eigenvalue weighted by Crippen LogP contribution is -2.33. The Balaban J connectivity index is 1.44. The highest BCUT2D eigenvalue weighted by atomic mass is 32.1. The van der Waals surface area contributed by atoms with Crippen molar-refractivity contribution in [3.05, 3.63) is 72.1 Å². The molecule has 0 unspecified atom stereocenters. The number of hydrogen-bond acceptors (Lipinski definition) is 5. The monoisotopic (exact) mass is 409 g/mol. The van der Waals surface area contributed by atoms with Gasteiger partial charge in [0.2, 0.25) is 0 Å². The fourth-order valence-electron chi connectivity index (χ4n) is 2.69. The lowest BCUT2D eigenvalue weighted by atomic mass is 10.1. The lowest BCUT2D eigenvalue weighted by Gasteiger charge is -2.10. The number of nitrogens with one attached hydrogen (secondary N) is 2. The Bertz CT molecular complexity index is 972. The predicted octanol–water partition coefficient (Wildman–Crippen LogP) is 2.93. The minimum atomic E-state index is 0.456. The van der Waals surface area contributed by atoms with E-state index in [2.05, 4.69) is 20.9 Å². The summed E-state index contributed by atoms with van der Waals surface area (Å²) in [5.74, 6) is 1.43. The van der Waals surface area contributed by atoms with Gasteiger partial charge in [-0.05, 0) is 48.5 Å². The standard InChI is InChI=1S/C21H23N5O2S/c1-27-19-9-8-16(12-20(19)28-2)10-11-22-21(29)25-23-13-17-14-24-26(15-17)18-6-4-3-5-7-18/h3-9,12-15H,10-11H2,1-2H3,(H2,22,25,29)/b23-13-. The topological polar surface area (TPSA) is 72.7 Å². The van der Waals surface area contributed by atoms with Crippen molar-refractivity contribution in [1.29, 1.82) is 0 Å². The van der Waals surface area contributed by atoms with Crippen LogP contribution in [-0.2, 0) is 6.42 Å². The van der Waals surface area contributed by atoms with Crippen molar-refractivity contribution in [2.45, 2.75) is 6.42 Å². The Morgan fingerprint density at radius 2 is 1.93 bits per heavy atom. The summed E-state index contributed by atoms with van der Waals surface area (Å²) in [6.45, 7) is 0.669. The quantitative estimate of drug-likeness (QED) is 0.339. The second kappa shape index (κ2) is 10.2. The summed E-state index contributed by atoms with van der Waals surface area (Å²) in [7, 11) is 3.25. The fourth-order valence-corrected chi connectivity index (χ4v) is 2.84. The highest BCUT2D eigenvalue weighted by molar-refractivity contribution is 7.80. The van der Waals surface area contributed by atoms with Crippen LogP contribution in [0.15, 0.2) is 66.0 Å². The van der Waals surface area contributed by atoms with Gasteiger partial charge in [0.1, 0.15) is 0 Å². The number of hydrazone groups is 1. The van der Waals surface area contributed by atoms with Crippen LogP contribution in [0.1, 0.15) is 11.1 Å². The zero-order valence-corrected chi connectivity index (χ0v) is 17.1. The van der Waals surface area contributed by atoms with Crippen molar-refractivity contribution in [1.82, 2.24) is 20.5 Å². The Kier molecular flexibility index (Phi) is 7.18. The molecule has 0 amide bonds. The second-order valence-electron chi connectivity index (χ2n) is 6.12. The molecule has 0 spiro atoms. The van der Waals surface area contributed by atoms with E-state index in [4.69, 9.17) is 21.7 Å². The third kappa shape index (κ3) is 5.79. The molecule has 0 aliphatic heterocycles. The molecule has 2 aromatic carbocycles. The summed E-state index contributed by atoms with van der Waals surface area (Å²) in [6, 6.07) is 15.7. The van der Waals surface area contributed by atoms with E-state index in [0.29, 0.717) is 23.2 Å². The molecule has 0 aliphatic rings. The molecular weight excluding hydrogens is 386 g/mol.